The predicted octanol–water partition coefficient (Wildman–Crippen LogP) is 3.20. The van der Waals surface area contributed by atoms with Gasteiger partial charge in [0.25, 0.3) is 0 Å². The van der Waals surface area contributed by atoms with Crippen molar-refractivity contribution in [1.29, 1.82) is 0 Å². The monoisotopic (exact) mass is 281 g/mol. The molecule has 1 amide bonds. The summed E-state index contributed by atoms with van der Waals surface area (Å²) < 4.78 is 0. The third-order valence-electron chi connectivity index (χ3n) is 4.93. The number of carboxylic acids is 1. The van der Waals surface area contributed by atoms with Gasteiger partial charge in [0.1, 0.15) is 0 Å². The quantitative estimate of drug-likeness (QED) is 0.861. The molecule has 0 atom stereocenters. The molecule has 0 spiro atoms. The topological polar surface area (TPSA) is 57.6 Å². The number of hydrogen-bond donors (Lipinski definition) is 1. The average molecular weight is 281 g/mol. The van der Waals surface area contributed by atoms with Crippen molar-refractivity contribution in [3.05, 3.63) is 0 Å². The summed E-state index contributed by atoms with van der Waals surface area (Å²) >= 11 is 0. The van der Waals surface area contributed by atoms with Gasteiger partial charge in [-0.3, -0.25) is 9.59 Å². The number of carbonyl (C=O) groups is 2. The summed E-state index contributed by atoms with van der Waals surface area (Å²) in [6.07, 6.45) is 10.3. The van der Waals surface area contributed by atoms with Crippen LogP contribution in [0, 0.1) is 5.41 Å². The van der Waals surface area contributed by atoms with Crippen LogP contribution in [-0.4, -0.2) is 35.0 Å². The van der Waals surface area contributed by atoms with E-state index in [2.05, 4.69) is 0 Å². The molecule has 1 saturated heterocycles. The van der Waals surface area contributed by atoms with E-state index in [1.54, 1.807) is 0 Å². The molecule has 2 fully saturated rings. The number of hydrogen-bond acceptors (Lipinski definition) is 2. The van der Waals surface area contributed by atoms with Gasteiger partial charge in [-0.15, -0.1) is 0 Å². The van der Waals surface area contributed by atoms with E-state index in [1.807, 2.05) is 4.90 Å². The van der Waals surface area contributed by atoms with Crippen LogP contribution in [0.5, 0.6) is 0 Å². The van der Waals surface area contributed by atoms with Crippen molar-refractivity contribution in [3.63, 3.8) is 0 Å². The molecular formula is C16H27NO3. The molecule has 0 aromatic carbocycles. The SMILES string of the molecule is O=C(O)CC1(CC(=O)N2CCCCCC2)CCCCC1. The van der Waals surface area contributed by atoms with Crippen molar-refractivity contribution in [2.75, 3.05) is 13.1 Å². The van der Waals surface area contributed by atoms with E-state index >= 15 is 0 Å². The van der Waals surface area contributed by atoms with Gasteiger partial charge >= 0.3 is 5.97 Å². The largest absolute Gasteiger partial charge is 0.481 e. The fourth-order valence-electron chi connectivity index (χ4n) is 3.79. The maximum Gasteiger partial charge on any atom is 0.303 e. The molecule has 20 heavy (non-hydrogen) atoms. The molecule has 0 bridgehead atoms. The number of carboxylic acid groups (broad SMARTS) is 1. The van der Waals surface area contributed by atoms with E-state index in [0.29, 0.717) is 6.42 Å². The van der Waals surface area contributed by atoms with Gasteiger partial charge in [-0.1, -0.05) is 32.1 Å². The summed E-state index contributed by atoms with van der Waals surface area (Å²) in [5.41, 5.74) is -0.270. The molecule has 0 radical (unpaired) electrons. The zero-order valence-corrected chi connectivity index (χ0v) is 12.4. The van der Waals surface area contributed by atoms with Crippen LogP contribution in [-0.2, 0) is 9.59 Å². The lowest BCUT2D eigenvalue weighted by Gasteiger charge is -2.37. The number of amides is 1. The van der Waals surface area contributed by atoms with Gasteiger partial charge in [0, 0.05) is 19.5 Å². The molecule has 4 nitrogen and oxygen atoms in total. The van der Waals surface area contributed by atoms with Crippen LogP contribution in [0.3, 0.4) is 0 Å². The van der Waals surface area contributed by atoms with E-state index in [-0.39, 0.29) is 17.7 Å². The molecule has 4 heteroatoms. The fourth-order valence-corrected chi connectivity index (χ4v) is 3.79. The molecule has 0 aromatic heterocycles. The number of rotatable bonds is 4. The second-order valence-corrected chi connectivity index (χ2v) is 6.60. The van der Waals surface area contributed by atoms with Crippen LogP contribution in [0.4, 0.5) is 0 Å². The maximum atomic E-state index is 12.5. The third-order valence-corrected chi connectivity index (χ3v) is 4.93. The first-order chi connectivity index (χ1) is 9.61. The van der Waals surface area contributed by atoms with Gasteiger partial charge in [0.05, 0.1) is 6.42 Å². The standard InChI is InChI=1S/C16H27NO3/c18-14(17-10-6-1-2-7-11-17)12-16(13-15(19)20)8-4-3-5-9-16/h1-13H2,(H,19,20). The van der Waals surface area contributed by atoms with Crippen molar-refractivity contribution in [2.24, 2.45) is 5.41 Å². The number of aliphatic carboxylic acids is 1. The molecule has 2 rings (SSSR count). The molecule has 1 heterocycles. The van der Waals surface area contributed by atoms with Gasteiger partial charge in [-0.2, -0.15) is 0 Å². The highest BCUT2D eigenvalue weighted by molar-refractivity contribution is 5.78. The first-order valence-electron chi connectivity index (χ1n) is 8.11. The molecule has 1 N–H and O–H groups in total. The average Bonchev–Trinajstić information content (AvgIpc) is 2.67. The van der Waals surface area contributed by atoms with Crippen LogP contribution in [0.2, 0.25) is 0 Å². The Morgan fingerprint density at radius 1 is 0.850 bits per heavy atom. The maximum absolute atomic E-state index is 12.5. The Morgan fingerprint density at radius 3 is 1.95 bits per heavy atom. The van der Waals surface area contributed by atoms with Gasteiger partial charge in [-0.25, -0.2) is 0 Å². The Balaban J connectivity index is 1.98. The molecule has 1 aliphatic heterocycles. The van der Waals surface area contributed by atoms with Crippen molar-refractivity contribution in [1.82, 2.24) is 4.90 Å². The van der Waals surface area contributed by atoms with Gasteiger partial charge in [0.2, 0.25) is 5.91 Å². The van der Waals surface area contributed by atoms with Crippen LogP contribution in [0.25, 0.3) is 0 Å². The lowest BCUT2D eigenvalue weighted by atomic mass is 9.69. The van der Waals surface area contributed by atoms with Crippen molar-refractivity contribution < 1.29 is 14.7 Å². The highest BCUT2D eigenvalue weighted by atomic mass is 16.4. The summed E-state index contributed by atoms with van der Waals surface area (Å²) in [6, 6.07) is 0. The predicted molar refractivity (Wildman–Crippen MR) is 77.4 cm³/mol. The number of carbonyl (C=O) groups excluding carboxylic acids is 1. The van der Waals surface area contributed by atoms with Crippen molar-refractivity contribution >= 4 is 11.9 Å². The minimum Gasteiger partial charge on any atom is -0.481 e. The Hall–Kier alpha value is -1.06. The number of nitrogens with zero attached hydrogens (tertiary/aromatic N) is 1. The van der Waals surface area contributed by atoms with Crippen LogP contribution >= 0.6 is 0 Å². The minimum absolute atomic E-state index is 0.159. The van der Waals surface area contributed by atoms with E-state index in [0.717, 1.165) is 51.6 Å². The molecule has 0 aromatic rings. The van der Waals surface area contributed by atoms with Crippen LogP contribution in [0.1, 0.15) is 70.6 Å². The Kier molecular flexibility index (Phi) is 5.44. The highest BCUT2D eigenvalue weighted by Gasteiger charge is 2.37. The van der Waals surface area contributed by atoms with Gasteiger partial charge < -0.3 is 10.0 Å². The molecule has 0 unspecified atom stereocenters. The molecule has 114 valence electrons. The summed E-state index contributed by atoms with van der Waals surface area (Å²) in [6.45, 7) is 1.73. The summed E-state index contributed by atoms with van der Waals surface area (Å²) in [5.74, 6) is -0.564. The van der Waals surface area contributed by atoms with Crippen molar-refractivity contribution in [2.45, 2.75) is 70.6 Å². The Bertz CT molecular complexity index is 340. The minimum atomic E-state index is -0.754. The molecule has 2 aliphatic rings. The Morgan fingerprint density at radius 2 is 1.40 bits per heavy atom. The van der Waals surface area contributed by atoms with E-state index in [9.17, 15) is 14.7 Å². The zero-order chi connectivity index (χ0) is 14.4. The summed E-state index contributed by atoms with van der Waals surface area (Å²) in [7, 11) is 0. The molecular weight excluding hydrogens is 254 g/mol. The molecule has 1 saturated carbocycles. The van der Waals surface area contributed by atoms with Crippen LogP contribution in [0.15, 0.2) is 0 Å². The third kappa shape index (κ3) is 4.22. The van der Waals surface area contributed by atoms with E-state index < -0.39 is 5.97 Å². The van der Waals surface area contributed by atoms with Gasteiger partial charge in [-0.05, 0) is 31.1 Å². The fraction of sp³-hybridized carbons (Fsp3) is 0.875. The summed E-state index contributed by atoms with van der Waals surface area (Å²) in [4.78, 5) is 25.7. The van der Waals surface area contributed by atoms with E-state index in [4.69, 9.17) is 0 Å². The zero-order valence-electron chi connectivity index (χ0n) is 12.4. The Labute approximate surface area is 121 Å². The first kappa shape index (κ1) is 15.3. The lowest BCUT2D eigenvalue weighted by Crippen LogP contribution is -2.38. The normalized spacial score (nSPS) is 23.1. The summed E-state index contributed by atoms with van der Waals surface area (Å²) in [5, 5.41) is 9.17. The molecule has 1 aliphatic carbocycles. The first-order valence-corrected chi connectivity index (χ1v) is 8.11. The smallest absolute Gasteiger partial charge is 0.303 e. The van der Waals surface area contributed by atoms with E-state index in [1.165, 1.54) is 19.3 Å². The van der Waals surface area contributed by atoms with Crippen molar-refractivity contribution in [3.8, 4) is 0 Å². The second-order valence-electron chi connectivity index (χ2n) is 6.60. The van der Waals surface area contributed by atoms with Crippen LogP contribution < -0.4 is 0 Å². The lowest BCUT2D eigenvalue weighted by molar-refractivity contribution is -0.142. The highest BCUT2D eigenvalue weighted by Crippen LogP contribution is 2.42. The van der Waals surface area contributed by atoms with Gasteiger partial charge in [0.15, 0.2) is 0 Å². The number of likely N-dealkylation sites (tertiary alicyclic amines) is 1. The second kappa shape index (κ2) is 7.09.